The van der Waals surface area contributed by atoms with Gasteiger partial charge in [-0.05, 0) is 0 Å². The molecule has 1 saturated heterocycles. The first kappa shape index (κ1) is 18.3. The molecule has 2 unspecified atom stereocenters. The molecule has 1 aliphatic heterocycles. The minimum absolute atomic E-state index is 0.0282. The quantitative estimate of drug-likeness (QED) is 0.510. The highest BCUT2D eigenvalue weighted by Crippen LogP contribution is 2.27. The summed E-state index contributed by atoms with van der Waals surface area (Å²) in [5.41, 5.74) is 0. The molecule has 5 atom stereocenters. The number of rotatable bonds is 5. The van der Waals surface area contributed by atoms with Crippen molar-refractivity contribution in [2.45, 2.75) is 51.5 Å². The Kier molecular flexibility index (Phi) is 6.72. The maximum absolute atomic E-state index is 11.3. The summed E-state index contributed by atoms with van der Waals surface area (Å²) in [6, 6.07) is 0. The number of esters is 3. The van der Waals surface area contributed by atoms with Gasteiger partial charge in [-0.2, -0.15) is 0 Å². The van der Waals surface area contributed by atoms with Crippen LogP contribution in [0.5, 0.6) is 0 Å². The number of hydrogen-bond donors (Lipinski definition) is 1. The van der Waals surface area contributed by atoms with Crippen LogP contribution in [0.4, 0.5) is 0 Å². The predicted molar refractivity (Wildman–Crippen MR) is 69.4 cm³/mol. The first-order valence-corrected chi connectivity index (χ1v) is 6.60. The van der Waals surface area contributed by atoms with E-state index in [1.807, 2.05) is 0 Å². The zero-order valence-corrected chi connectivity index (χ0v) is 12.8. The molecular formula is C13H20O9. The van der Waals surface area contributed by atoms with Gasteiger partial charge in [-0.25, -0.2) is 0 Å². The molecule has 0 spiro atoms. The fourth-order valence-corrected chi connectivity index (χ4v) is 2.17. The molecule has 126 valence electrons. The Morgan fingerprint density at radius 1 is 0.909 bits per heavy atom. The van der Waals surface area contributed by atoms with E-state index in [0.717, 1.165) is 13.8 Å². The predicted octanol–water partition coefficient (Wildman–Crippen LogP) is -0.855. The van der Waals surface area contributed by atoms with Crippen LogP contribution in [0.25, 0.3) is 0 Å². The van der Waals surface area contributed by atoms with Crippen LogP contribution < -0.4 is 0 Å². The molecule has 1 fully saturated rings. The molecule has 9 heteroatoms. The summed E-state index contributed by atoms with van der Waals surface area (Å²) in [7, 11) is 1.39. The molecule has 0 radical (unpaired) electrons. The van der Waals surface area contributed by atoms with Crippen LogP contribution in [0, 0.1) is 0 Å². The second kappa shape index (κ2) is 8.06. The third-order valence-electron chi connectivity index (χ3n) is 2.85. The van der Waals surface area contributed by atoms with Crippen molar-refractivity contribution < 1.29 is 43.2 Å². The minimum atomic E-state index is -1.56. The summed E-state index contributed by atoms with van der Waals surface area (Å²) < 4.78 is 25.3. The number of ether oxygens (including phenoxy) is 5. The number of hydrogen-bond acceptors (Lipinski definition) is 9. The highest BCUT2D eigenvalue weighted by atomic mass is 16.7. The van der Waals surface area contributed by atoms with E-state index in [1.54, 1.807) is 0 Å². The fraction of sp³-hybridized carbons (Fsp3) is 0.769. The fourth-order valence-electron chi connectivity index (χ4n) is 2.17. The van der Waals surface area contributed by atoms with Crippen molar-refractivity contribution >= 4 is 17.9 Å². The van der Waals surface area contributed by atoms with Gasteiger partial charge in [0.25, 0.3) is 0 Å². The molecule has 0 aliphatic carbocycles. The molecule has 0 aromatic rings. The van der Waals surface area contributed by atoms with Crippen LogP contribution >= 0.6 is 0 Å². The van der Waals surface area contributed by atoms with Gasteiger partial charge in [-0.15, -0.1) is 0 Å². The Morgan fingerprint density at radius 2 is 1.36 bits per heavy atom. The van der Waals surface area contributed by atoms with Gasteiger partial charge in [0.05, 0.1) is 6.61 Å². The van der Waals surface area contributed by atoms with Crippen LogP contribution in [0.2, 0.25) is 0 Å². The summed E-state index contributed by atoms with van der Waals surface area (Å²) >= 11 is 0. The van der Waals surface area contributed by atoms with Crippen molar-refractivity contribution in [1.82, 2.24) is 0 Å². The van der Waals surface area contributed by atoms with Gasteiger partial charge in [-0.1, -0.05) is 0 Å². The third kappa shape index (κ3) is 4.93. The molecular weight excluding hydrogens is 300 g/mol. The average molecular weight is 320 g/mol. The van der Waals surface area contributed by atoms with Crippen molar-refractivity contribution in [3.05, 3.63) is 0 Å². The Bertz CT molecular complexity index is 422. The molecule has 0 aromatic heterocycles. The summed E-state index contributed by atoms with van der Waals surface area (Å²) in [6.07, 6.45) is -6.07. The van der Waals surface area contributed by atoms with Gasteiger partial charge in [-0.3, -0.25) is 14.4 Å². The standard InChI is InChI=1S/C13H20O9/c1-6(14)19-10-9(5-18-4)22-13(17)12(21-8(3)16)11(10)20-7(2)15/h9-13,17H,5H2,1-4H3/t9?,10-,11-,12?,13-/m0/s1. The SMILES string of the molecule is COCC1O[C@H](O)C(OC(C)=O)[C@@H](OC(C)=O)[C@H]1OC(C)=O. The van der Waals surface area contributed by atoms with Crippen LogP contribution in [-0.2, 0) is 38.1 Å². The molecule has 1 N–H and O–H groups in total. The Balaban J connectivity index is 3.09. The molecule has 0 amide bonds. The lowest BCUT2D eigenvalue weighted by molar-refractivity contribution is -0.296. The summed E-state index contributed by atoms with van der Waals surface area (Å²) in [4.78, 5) is 33.7. The highest BCUT2D eigenvalue weighted by molar-refractivity contribution is 5.68. The van der Waals surface area contributed by atoms with Crippen molar-refractivity contribution in [3.63, 3.8) is 0 Å². The number of carbonyl (C=O) groups excluding carboxylic acids is 3. The Hall–Kier alpha value is -1.71. The molecule has 9 nitrogen and oxygen atoms in total. The maximum Gasteiger partial charge on any atom is 0.303 e. The lowest BCUT2D eigenvalue weighted by Gasteiger charge is -2.42. The van der Waals surface area contributed by atoms with Gasteiger partial charge >= 0.3 is 17.9 Å². The second-order valence-electron chi connectivity index (χ2n) is 4.74. The average Bonchev–Trinajstić information content (AvgIpc) is 2.37. The van der Waals surface area contributed by atoms with E-state index in [2.05, 4.69) is 0 Å². The molecule has 0 aromatic carbocycles. The van der Waals surface area contributed by atoms with Crippen LogP contribution in [0.15, 0.2) is 0 Å². The van der Waals surface area contributed by atoms with Crippen molar-refractivity contribution in [2.75, 3.05) is 13.7 Å². The minimum Gasteiger partial charge on any atom is -0.456 e. The number of aliphatic hydroxyl groups is 1. The van der Waals surface area contributed by atoms with Gasteiger partial charge in [0.1, 0.15) is 6.10 Å². The normalized spacial score (nSPS) is 31.2. The number of aliphatic hydroxyl groups excluding tert-OH is 1. The van der Waals surface area contributed by atoms with E-state index >= 15 is 0 Å². The summed E-state index contributed by atoms with van der Waals surface area (Å²) in [6.45, 7) is 3.41. The topological polar surface area (TPSA) is 118 Å². The molecule has 1 heterocycles. The van der Waals surface area contributed by atoms with Crippen LogP contribution in [0.1, 0.15) is 20.8 Å². The van der Waals surface area contributed by atoms with E-state index in [1.165, 1.54) is 14.0 Å². The third-order valence-corrected chi connectivity index (χ3v) is 2.85. The first-order valence-electron chi connectivity index (χ1n) is 6.60. The van der Waals surface area contributed by atoms with E-state index in [0.29, 0.717) is 0 Å². The molecule has 0 bridgehead atoms. The zero-order chi connectivity index (χ0) is 16.9. The van der Waals surface area contributed by atoms with Gasteiger partial charge < -0.3 is 28.8 Å². The number of methoxy groups -OCH3 is 1. The Labute approximate surface area is 127 Å². The maximum atomic E-state index is 11.3. The van der Waals surface area contributed by atoms with E-state index in [-0.39, 0.29) is 6.61 Å². The monoisotopic (exact) mass is 320 g/mol. The van der Waals surface area contributed by atoms with Crippen molar-refractivity contribution in [3.8, 4) is 0 Å². The first-order chi connectivity index (χ1) is 10.3. The van der Waals surface area contributed by atoms with Gasteiger partial charge in [0.15, 0.2) is 24.6 Å². The molecule has 1 rings (SSSR count). The van der Waals surface area contributed by atoms with E-state index < -0.39 is 48.6 Å². The van der Waals surface area contributed by atoms with Crippen molar-refractivity contribution in [2.24, 2.45) is 0 Å². The smallest absolute Gasteiger partial charge is 0.303 e. The lowest BCUT2D eigenvalue weighted by atomic mass is 9.98. The van der Waals surface area contributed by atoms with E-state index in [4.69, 9.17) is 23.7 Å². The second-order valence-corrected chi connectivity index (χ2v) is 4.74. The largest absolute Gasteiger partial charge is 0.456 e. The number of carbonyl (C=O) groups is 3. The summed E-state index contributed by atoms with van der Waals surface area (Å²) in [5, 5.41) is 9.96. The van der Waals surface area contributed by atoms with Crippen LogP contribution in [-0.4, -0.2) is 67.4 Å². The molecule has 0 saturated carbocycles. The lowest BCUT2D eigenvalue weighted by Crippen LogP contribution is -2.62. The molecule has 22 heavy (non-hydrogen) atoms. The van der Waals surface area contributed by atoms with Gasteiger partial charge in [0, 0.05) is 27.9 Å². The summed E-state index contributed by atoms with van der Waals surface area (Å²) in [5.74, 6) is -2.05. The Morgan fingerprint density at radius 3 is 1.82 bits per heavy atom. The van der Waals surface area contributed by atoms with Crippen LogP contribution in [0.3, 0.4) is 0 Å². The van der Waals surface area contributed by atoms with E-state index in [9.17, 15) is 19.5 Å². The van der Waals surface area contributed by atoms with Crippen molar-refractivity contribution in [1.29, 1.82) is 0 Å². The molecule has 1 aliphatic rings. The van der Waals surface area contributed by atoms with Gasteiger partial charge in [0.2, 0.25) is 0 Å². The highest BCUT2D eigenvalue weighted by Gasteiger charge is 2.51. The zero-order valence-electron chi connectivity index (χ0n) is 12.8.